The third kappa shape index (κ3) is 7.13. The molecular weight excluding hydrogens is 502 g/mol. The van der Waals surface area contributed by atoms with E-state index in [1.54, 1.807) is 6.20 Å². The van der Waals surface area contributed by atoms with Crippen molar-refractivity contribution in [2.75, 3.05) is 41.7 Å². The van der Waals surface area contributed by atoms with Crippen molar-refractivity contribution in [1.82, 2.24) is 30.3 Å². The van der Waals surface area contributed by atoms with E-state index in [0.29, 0.717) is 17.5 Å². The third-order valence-corrected chi connectivity index (χ3v) is 7.61. The maximum atomic E-state index is 12.7. The van der Waals surface area contributed by atoms with Gasteiger partial charge in [0.15, 0.2) is 5.82 Å². The number of amides is 1. The van der Waals surface area contributed by atoms with Gasteiger partial charge in [-0.25, -0.2) is 0 Å². The van der Waals surface area contributed by atoms with Gasteiger partial charge in [0.05, 0.1) is 11.8 Å². The van der Waals surface area contributed by atoms with E-state index in [-0.39, 0.29) is 18.1 Å². The summed E-state index contributed by atoms with van der Waals surface area (Å²) in [6.45, 7) is 8.43. The van der Waals surface area contributed by atoms with Crippen molar-refractivity contribution in [1.29, 1.82) is 0 Å². The number of rotatable bonds is 10. The van der Waals surface area contributed by atoms with Crippen molar-refractivity contribution in [2.24, 2.45) is 5.92 Å². The van der Waals surface area contributed by atoms with Crippen molar-refractivity contribution < 1.29 is 9.53 Å². The molecular formula is C26H35N9O2S. The normalized spacial score (nSPS) is 18.6. The molecule has 0 saturated carbocycles. The average molecular weight is 538 g/mol. The summed E-state index contributed by atoms with van der Waals surface area (Å²) < 4.78 is 5.92. The molecule has 5 rings (SSSR count). The first kappa shape index (κ1) is 26.2. The van der Waals surface area contributed by atoms with E-state index in [4.69, 9.17) is 4.74 Å². The average Bonchev–Trinajstić information content (AvgIpc) is 3.56. The Morgan fingerprint density at radius 3 is 2.68 bits per heavy atom. The Morgan fingerprint density at radius 1 is 1.08 bits per heavy atom. The fraction of sp³-hybridized carbons (Fsp3) is 0.538. The highest BCUT2D eigenvalue weighted by molar-refractivity contribution is 7.19. The third-order valence-electron chi connectivity index (χ3n) is 6.84. The number of likely N-dealkylation sites (tertiary alicyclic amines) is 1. The molecule has 5 heterocycles. The van der Waals surface area contributed by atoms with Crippen molar-refractivity contribution in [3.8, 4) is 5.75 Å². The van der Waals surface area contributed by atoms with E-state index in [1.807, 2.05) is 44.3 Å². The SMILES string of the molecule is CC(C)Oc1cccnc1CN1CCC(CC(=O)Nc2nnc(N[C@@H]3CCN(c4cccnn4)C3)s2)CC1. The number of aromatic nitrogens is 5. The lowest BCUT2D eigenvalue weighted by Gasteiger charge is -2.31. The molecule has 11 nitrogen and oxygen atoms in total. The molecule has 0 unspecified atom stereocenters. The van der Waals surface area contributed by atoms with Gasteiger partial charge in [0, 0.05) is 44.5 Å². The van der Waals surface area contributed by atoms with Crippen LogP contribution in [0, 0.1) is 5.92 Å². The molecule has 2 aliphatic rings. The summed E-state index contributed by atoms with van der Waals surface area (Å²) in [4.78, 5) is 21.8. The molecule has 12 heteroatoms. The number of nitrogens with zero attached hydrogens (tertiary/aromatic N) is 7. The highest BCUT2D eigenvalue weighted by Gasteiger charge is 2.26. The summed E-state index contributed by atoms with van der Waals surface area (Å²) in [5, 5.41) is 24.2. The zero-order valence-electron chi connectivity index (χ0n) is 21.9. The van der Waals surface area contributed by atoms with Crippen molar-refractivity contribution >= 4 is 33.3 Å². The van der Waals surface area contributed by atoms with Crippen LogP contribution in [0.4, 0.5) is 16.1 Å². The van der Waals surface area contributed by atoms with Gasteiger partial charge < -0.3 is 20.3 Å². The molecule has 1 atom stereocenters. The first-order valence-electron chi connectivity index (χ1n) is 13.3. The Morgan fingerprint density at radius 2 is 1.89 bits per heavy atom. The van der Waals surface area contributed by atoms with E-state index in [2.05, 4.69) is 45.8 Å². The zero-order chi connectivity index (χ0) is 26.3. The quantitative estimate of drug-likeness (QED) is 0.398. The highest BCUT2D eigenvalue weighted by atomic mass is 32.1. The van der Waals surface area contributed by atoms with Crippen LogP contribution >= 0.6 is 11.3 Å². The zero-order valence-corrected chi connectivity index (χ0v) is 22.7. The standard InChI is InChI=1S/C26H35N9O2S/c1-18(2)37-22-5-3-10-27-21(22)17-34-12-7-19(8-13-34)15-24(36)30-26-33-32-25(38-26)29-20-9-14-35(16-20)23-6-4-11-28-31-23/h3-6,10-11,18-20H,7-9,12-17H2,1-2H3,(H,29,32)(H,30,33,36)/t20-/m1/s1. The molecule has 2 saturated heterocycles. The van der Waals surface area contributed by atoms with Gasteiger partial charge in [-0.05, 0) is 76.4 Å². The maximum Gasteiger partial charge on any atom is 0.226 e. The monoisotopic (exact) mass is 537 g/mol. The van der Waals surface area contributed by atoms with E-state index >= 15 is 0 Å². The Labute approximate surface area is 227 Å². The van der Waals surface area contributed by atoms with Gasteiger partial charge in [-0.1, -0.05) is 11.3 Å². The molecule has 2 N–H and O–H groups in total. The van der Waals surface area contributed by atoms with Gasteiger partial charge in [-0.3, -0.25) is 14.7 Å². The van der Waals surface area contributed by atoms with Crippen LogP contribution in [0.3, 0.4) is 0 Å². The van der Waals surface area contributed by atoms with Crippen LogP contribution in [0.2, 0.25) is 0 Å². The second kappa shape index (κ2) is 12.4. The summed E-state index contributed by atoms with van der Waals surface area (Å²) in [5.74, 6) is 2.09. The lowest BCUT2D eigenvalue weighted by molar-refractivity contribution is -0.117. The van der Waals surface area contributed by atoms with Crippen LogP contribution in [0.25, 0.3) is 0 Å². The molecule has 3 aromatic heterocycles. The lowest BCUT2D eigenvalue weighted by atomic mass is 9.93. The Kier molecular flexibility index (Phi) is 8.59. The Balaban J connectivity index is 1.03. The van der Waals surface area contributed by atoms with Crippen molar-refractivity contribution in [3.05, 3.63) is 42.4 Å². The second-order valence-electron chi connectivity index (χ2n) is 10.2. The molecule has 0 aromatic carbocycles. The highest BCUT2D eigenvalue weighted by Crippen LogP contribution is 2.27. The largest absolute Gasteiger partial charge is 0.489 e. The van der Waals surface area contributed by atoms with E-state index in [1.165, 1.54) is 11.3 Å². The second-order valence-corrected chi connectivity index (χ2v) is 11.1. The van der Waals surface area contributed by atoms with Crippen LogP contribution in [0.5, 0.6) is 5.75 Å². The van der Waals surface area contributed by atoms with Crippen LogP contribution in [0.1, 0.15) is 45.2 Å². The minimum Gasteiger partial charge on any atom is -0.489 e. The summed E-state index contributed by atoms with van der Waals surface area (Å²) in [7, 11) is 0. The Bertz CT molecular complexity index is 1180. The summed E-state index contributed by atoms with van der Waals surface area (Å²) in [5.41, 5.74) is 0.970. The minimum atomic E-state index is -0.00168. The number of carbonyl (C=O) groups excluding carboxylic acids is 1. The van der Waals surface area contributed by atoms with Crippen LogP contribution in [0.15, 0.2) is 36.7 Å². The van der Waals surface area contributed by atoms with E-state index in [0.717, 1.165) is 74.4 Å². The summed E-state index contributed by atoms with van der Waals surface area (Å²) >= 11 is 1.38. The molecule has 0 aliphatic carbocycles. The molecule has 0 spiro atoms. The number of hydrogen-bond acceptors (Lipinski definition) is 11. The predicted octanol–water partition coefficient (Wildman–Crippen LogP) is 3.44. The van der Waals surface area contributed by atoms with Crippen molar-refractivity contribution in [2.45, 2.75) is 58.2 Å². The van der Waals surface area contributed by atoms with Gasteiger partial charge in [0.1, 0.15) is 5.75 Å². The van der Waals surface area contributed by atoms with Gasteiger partial charge in [-0.15, -0.1) is 15.3 Å². The topological polar surface area (TPSA) is 121 Å². The fourth-order valence-corrected chi connectivity index (χ4v) is 5.69. The molecule has 0 radical (unpaired) electrons. The molecule has 2 fully saturated rings. The molecule has 202 valence electrons. The van der Waals surface area contributed by atoms with Crippen LogP contribution in [-0.4, -0.2) is 74.5 Å². The maximum absolute atomic E-state index is 12.7. The van der Waals surface area contributed by atoms with Crippen LogP contribution < -0.4 is 20.3 Å². The van der Waals surface area contributed by atoms with Gasteiger partial charge in [0.2, 0.25) is 16.2 Å². The number of nitrogens with one attached hydrogen (secondary N) is 2. The number of piperidine rings is 1. The smallest absolute Gasteiger partial charge is 0.226 e. The van der Waals surface area contributed by atoms with Gasteiger partial charge >= 0.3 is 0 Å². The number of hydrogen-bond donors (Lipinski definition) is 2. The molecule has 0 bridgehead atoms. The molecule has 2 aliphatic heterocycles. The number of carbonyl (C=O) groups is 1. The first-order chi connectivity index (χ1) is 18.5. The first-order valence-corrected chi connectivity index (χ1v) is 14.1. The van der Waals surface area contributed by atoms with Crippen LogP contribution in [-0.2, 0) is 11.3 Å². The van der Waals surface area contributed by atoms with Gasteiger partial charge in [-0.2, -0.15) is 5.10 Å². The summed E-state index contributed by atoms with van der Waals surface area (Å²) in [6, 6.07) is 8.01. The molecule has 3 aromatic rings. The number of anilines is 3. The lowest BCUT2D eigenvalue weighted by Crippen LogP contribution is -2.34. The fourth-order valence-electron chi connectivity index (χ4n) is 4.95. The van der Waals surface area contributed by atoms with Gasteiger partial charge in [0.25, 0.3) is 0 Å². The number of pyridine rings is 1. The predicted molar refractivity (Wildman–Crippen MR) is 147 cm³/mol. The molecule has 38 heavy (non-hydrogen) atoms. The van der Waals surface area contributed by atoms with E-state index < -0.39 is 0 Å². The van der Waals surface area contributed by atoms with E-state index in [9.17, 15) is 4.79 Å². The van der Waals surface area contributed by atoms with Crippen molar-refractivity contribution in [3.63, 3.8) is 0 Å². The summed E-state index contributed by atoms with van der Waals surface area (Å²) in [6.07, 6.45) is 7.04. The Hall–Kier alpha value is -3.38. The molecule has 1 amide bonds. The minimum absolute atomic E-state index is 0.00168. The number of ether oxygens (including phenoxy) is 1.